The van der Waals surface area contributed by atoms with Crippen LogP contribution < -0.4 is 0 Å². The normalized spacial score (nSPS) is 13.6. The van der Waals surface area contributed by atoms with Crippen LogP contribution in [0.3, 0.4) is 0 Å². The maximum Gasteiger partial charge on any atom is 0.669 e. The molecule has 0 fully saturated rings. The van der Waals surface area contributed by atoms with Crippen LogP contribution in [0.25, 0.3) is 0 Å². The van der Waals surface area contributed by atoms with Crippen molar-refractivity contribution >= 4 is 59.4 Å². The highest BCUT2D eigenvalue weighted by molar-refractivity contribution is 6.81. The molecule has 0 saturated carbocycles. The van der Waals surface area contributed by atoms with Gasteiger partial charge in [0.25, 0.3) is 0 Å². The highest BCUT2D eigenvalue weighted by Crippen LogP contribution is 2.29. The topological polar surface area (TPSA) is 177 Å². The first-order valence-electron chi connectivity index (χ1n) is 14.9. The lowest BCUT2D eigenvalue weighted by Crippen LogP contribution is -2.62. The van der Waals surface area contributed by atoms with Crippen LogP contribution in [0, 0.1) is 0 Å². The predicted molar refractivity (Wildman–Crippen MR) is 182 cm³/mol. The van der Waals surface area contributed by atoms with Gasteiger partial charge in [0, 0.05) is 98.4 Å². The minimum atomic E-state index is -3.59. The lowest BCUT2D eigenvalue weighted by molar-refractivity contribution is 0.0132. The zero-order valence-corrected chi connectivity index (χ0v) is 37.2. The van der Waals surface area contributed by atoms with E-state index in [0.29, 0.717) is 24.9 Å². The van der Waals surface area contributed by atoms with E-state index < -0.39 is 59.4 Å². The summed E-state index contributed by atoms with van der Waals surface area (Å²) in [6.45, 7) is 6.05. The van der Waals surface area contributed by atoms with Crippen molar-refractivity contribution in [1.29, 1.82) is 0 Å². The molecule has 0 bridgehead atoms. The number of hydrogen-bond acceptors (Lipinski definition) is 18. The molecule has 0 aliphatic carbocycles. The second-order valence-electron chi connectivity index (χ2n) is 10.0. The van der Waals surface area contributed by atoms with Crippen LogP contribution in [0.15, 0.2) is 0 Å². The largest absolute Gasteiger partial charge is 0.669 e. The Bertz CT molecular complexity index is 747. The van der Waals surface area contributed by atoms with Crippen LogP contribution in [0.2, 0.25) is 25.2 Å². The molecule has 0 N–H and O–H groups in total. The van der Waals surface area contributed by atoms with Gasteiger partial charge in [-0.3, -0.25) is 0 Å². The van der Waals surface area contributed by atoms with Crippen molar-refractivity contribution in [3.8, 4) is 0 Å². The number of nitrogens with zero attached hydrogens (tertiary/aromatic N) is 1. The molecule has 0 radical (unpaired) electrons. The van der Waals surface area contributed by atoms with Gasteiger partial charge in [0.15, 0.2) is 0 Å². The van der Waals surface area contributed by atoms with Crippen LogP contribution >= 0.6 is 0 Å². The quantitative estimate of drug-likeness (QED) is 0.100. The van der Waals surface area contributed by atoms with Crippen LogP contribution in [0.1, 0.15) is 19.8 Å². The van der Waals surface area contributed by atoms with E-state index in [0.717, 1.165) is 0 Å². The highest BCUT2D eigenvalue weighted by atomic mass is 28.5. The van der Waals surface area contributed by atoms with Crippen molar-refractivity contribution in [3.63, 3.8) is 0 Å². The van der Waals surface area contributed by atoms with Gasteiger partial charge in [-0.1, -0.05) is 0 Å². The smallest absolute Gasteiger partial charge is 0.450 e. The van der Waals surface area contributed by atoms with Gasteiger partial charge in [-0.05, 0) is 44.9 Å². The zero-order chi connectivity index (χ0) is 37.1. The molecule has 0 aromatic carbocycles. The summed E-state index contributed by atoms with van der Waals surface area (Å²) in [5.41, 5.74) is 0. The van der Waals surface area contributed by atoms with Crippen LogP contribution in [0.5, 0.6) is 0 Å². The Kier molecular flexibility index (Phi) is 22.7. The standard InChI is InChI=1S/C23H59NO18Si6/c1-16-38-23(25)24(19-17-21-43(14,39-45(26-2,27-3)28-4)40-46(29-5,30-6)31-7)20-18-22-44(15,41-47(32-8,33-9)34-10)42-48(35-11,36-12)37-13/h16-22H2,1-15H3. The Morgan fingerprint density at radius 3 is 0.875 bits per heavy atom. The van der Waals surface area contributed by atoms with E-state index in [1.165, 1.54) is 85.3 Å². The van der Waals surface area contributed by atoms with E-state index in [4.69, 9.17) is 74.3 Å². The summed E-state index contributed by atoms with van der Waals surface area (Å²) in [4.78, 5) is 14.7. The number of carbonyl (C=O) groups is 1. The minimum Gasteiger partial charge on any atom is -0.450 e. The number of carbonyl (C=O) groups excluding carboxylic acids is 1. The summed E-state index contributed by atoms with van der Waals surface area (Å²) < 4.78 is 97.0. The van der Waals surface area contributed by atoms with E-state index in [9.17, 15) is 4.79 Å². The van der Waals surface area contributed by atoms with Crippen LogP contribution in [0.4, 0.5) is 4.79 Å². The van der Waals surface area contributed by atoms with Gasteiger partial charge in [0.1, 0.15) is 0 Å². The lowest BCUT2D eigenvalue weighted by Gasteiger charge is -2.38. The summed E-state index contributed by atoms with van der Waals surface area (Å²) >= 11 is 0. The maximum atomic E-state index is 13.1. The Balaban J connectivity index is 6.21. The van der Waals surface area contributed by atoms with Gasteiger partial charge in [-0.15, -0.1) is 0 Å². The van der Waals surface area contributed by atoms with Gasteiger partial charge >= 0.3 is 59.4 Å². The van der Waals surface area contributed by atoms with E-state index in [2.05, 4.69) is 0 Å². The van der Waals surface area contributed by atoms with Gasteiger partial charge in [0.2, 0.25) is 0 Å². The third-order valence-electron chi connectivity index (χ3n) is 7.01. The number of hydrogen-bond donors (Lipinski definition) is 0. The third kappa shape index (κ3) is 14.2. The molecule has 0 heterocycles. The molecule has 19 nitrogen and oxygen atoms in total. The fourth-order valence-corrected chi connectivity index (χ4v) is 23.3. The summed E-state index contributed by atoms with van der Waals surface area (Å²) in [5, 5.41) is 0. The van der Waals surface area contributed by atoms with Crippen molar-refractivity contribution in [2.45, 2.75) is 44.9 Å². The second kappa shape index (κ2) is 22.8. The first-order valence-corrected chi connectivity index (χ1v) is 26.5. The molecule has 0 atom stereocenters. The molecule has 0 rings (SSSR count). The predicted octanol–water partition coefficient (Wildman–Crippen LogP) is 1.93. The molecule has 0 saturated heterocycles. The van der Waals surface area contributed by atoms with Crippen molar-refractivity contribution in [2.75, 3.05) is 105 Å². The van der Waals surface area contributed by atoms with Crippen molar-refractivity contribution < 1.29 is 79.1 Å². The molecule has 25 heteroatoms. The van der Waals surface area contributed by atoms with Crippen molar-refractivity contribution in [2.24, 2.45) is 0 Å². The first kappa shape index (κ1) is 47.9. The molecule has 0 aliphatic heterocycles. The molecule has 288 valence electrons. The molecule has 0 spiro atoms. The van der Waals surface area contributed by atoms with Crippen LogP contribution in [-0.2, 0) is 74.3 Å². The fourth-order valence-electron chi connectivity index (χ4n) is 4.49. The Labute approximate surface area is 292 Å². The number of ether oxygens (including phenoxy) is 1. The summed E-state index contributed by atoms with van der Waals surface area (Å²) in [7, 11) is -3.95. The molecule has 1 amide bonds. The average molecular weight is 806 g/mol. The minimum absolute atomic E-state index is 0.188. The van der Waals surface area contributed by atoms with E-state index in [-0.39, 0.29) is 19.7 Å². The molecule has 0 unspecified atom stereocenters. The zero-order valence-electron chi connectivity index (χ0n) is 31.2. The fraction of sp³-hybridized carbons (Fsp3) is 0.957. The molecule has 0 aromatic heterocycles. The highest BCUT2D eigenvalue weighted by Gasteiger charge is 2.58. The third-order valence-corrected chi connectivity index (χ3v) is 26.4. The molecule has 0 aromatic rings. The Hall–Kier alpha value is -0.0687. The molecular formula is C23H59NO18Si6. The van der Waals surface area contributed by atoms with Crippen LogP contribution in [-0.4, -0.2) is 169 Å². The van der Waals surface area contributed by atoms with E-state index in [1.54, 1.807) is 24.9 Å². The summed E-state index contributed by atoms with van der Waals surface area (Å²) in [6, 6.07) is 0.676. The number of amides is 1. The number of rotatable bonds is 29. The van der Waals surface area contributed by atoms with Gasteiger partial charge in [0.05, 0.1) is 6.61 Å². The summed E-state index contributed by atoms with van der Waals surface area (Å²) in [5.74, 6) is 0. The van der Waals surface area contributed by atoms with Gasteiger partial charge < -0.3 is 79.2 Å². The average Bonchev–Trinajstić information content (AvgIpc) is 3.10. The SMILES string of the molecule is CCOC(=O)N(CCC[Si](C)(O[Si](OC)(OC)OC)O[Si](OC)(OC)OC)CCC[Si](C)(O[Si](OC)(OC)OC)O[Si](OC)(OC)OC. The van der Waals surface area contributed by atoms with Crippen molar-refractivity contribution in [3.05, 3.63) is 0 Å². The van der Waals surface area contributed by atoms with Gasteiger partial charge in [-0.2, -0.15) is 0 Å². The second-order valence-corrected chi connectivity index (χ2v) is 27.7. The van der Waals surface area contributed by atoms with E-state index in [1.807, 2.05) is 0 Å². The molecule has 48 heavy (non-hydrogen) atoms. The molecule has 0 aliphatic rings. The Morgan fingerprint density at radius 2 is 0.688 bits per heavy atom. The van der Waals surface area contributed by atoms with Gasteiger partial charge in [-0.25, -0.2) is 4.79 Å². The monoisotopic (exact) mass is 805 g/mol. The van der Waals surface area contributed by atoms with E-state index >= 15 is 0 Å². The molecular weight excluding hydrogens is 747 g/mol. The maximum absolute atomic E-state index is 13.1. The summed E-state index contributed by atoms with van der Waals surface area (Å²) in [6.07, 6.45) is 0.347. The Morgan fingerprint density at radius 1 is 0.458 bits per heavy atom. The lowest BCUT2D eigenvalue weighted by atomic mass is 10.4. The van der Waals surface area contributed by atoms with Crippen molar-refractivity contribution in [1.82, 2.24) is 4.90 Å². The first-order chi connectivity index (χ1) is 22.6.